The number of likely N-dealkylation sites (tertiary alicyclic amines) is 1. The second kappa shape index (κ2) is 8.96. The van der Waals surface area contributed by atoms with Crippen LogP contribution in [0.1, 0.15) is 31.7 Å². The van der Waals surface area contributed by atoms with Crippen molar-refractivity contribution in [2.24, 2.45) is 0 Å². The van der Waals surface area contributed by atoms with Gasteiger partial charge in [-0.2, -0.15) is 0 Å². The summed E-state index contributed by atoms with van der Waals surface area (Å²) in [7, 11) is 2.14. The number of hydrogen-bond donors (Lipinski definition) is 1. The zero-order valence-corrected chi connectivity index (χ0v) is 17.3. The van der Waals surface area contributed by atoms with E-state index in [2.05, 4.69) is 22.5 Å². The molecule has 1 heterocycles. The third kappa shape index (κ3) is 5.04. The van der Waals surface area contributed by atoms with E-state index in [9.17, 15) is 9.90 Å². The number of rotatable bonds is 7. The molecular formula is C18H26Cl2N2O2S. The minimum atomic E-state index is -0.971. The Labute approximate surface area is 164 Å². The van der Waals surface area contributed by atoms with Crippen LogP contribution in [-0.4, -0.2) is 59.3 Å². The maximum atomic E-state index is 12.0. The van der Waals surface area contributed by atoms with Gasteiger partial charge in [0.15, 0.2) is 0 Å². The van der Waals surface area contributed by atoms with E-state index in [1.807, 2.05) is 0 Å². The molecule has 2 rings (SSSR count). The number of hydrogen-bond acceptors (Lipinski definition) is 4. The van der Waals surface area contributed by atoms with Crippen LogP contribution in [0, 0.1) is 0 Å². The predicted molar refractivity (Wildman–Crippen MR) is 107 cm³/mol. The molecule has 0 aliphatic carbocycles. The van der Waals surface area contributed by atoms with Crippen LogP contribution in [0.2, 0.25) is 10.0 Å². The van der Waals surface area contributed by atoms with E-state index in [1.54, 1.807) is 37.1 Å². The highest BCUT2D eigenvalue weighted by Gasteiger charge is 2.36. The number of piperidine rings is 1. The molecule has 0 amide bonds. The SMILES string of the molecule is CSN(C)C1CCN(CCC(C)(C(=O)O)c2ccc(Cl)c(Cl)c2)CC1. The van der Waals surface area contributed by atoms with E-state index < -0.39 is 11.4 Å². The standard InChI is InChI=1S/C18H26Cl2N2O2S/c1-18(17(23)24,13-4-5-15(19)16(20)12-13)8-11-22-9-6-14(7-10-22)21(2)25-3/h4-5,12,14H,6-11H2,1-3H3,(H,23,24). The molecule has 1 fully saturated rings. The Morgan fingerprint density at radius 3 is 2.52 bits per heavy atom. The van der Waals surface area contributed by atoms with Crippen molar-refractivity contribution in [3.63, 3.8) is 0 Å². The minimum Gasteiger partial charge on any atom is -0.481 e. The fraction of sp³-hybridized carbons (Fsp3) is 0.611. The molecule has 0 spiro atoms. The quantitative estimate of drug-likeness (QED) is 0.682. The van der Waals surface area contributed by atoms with E-state index >= 15 is 0 Å². The zero-order valence-electron chi connectivity index (χ0n) is 15.0. The van der Waals surface area contributed by atoms with Crippen LogP contribution in [0.5, 0.6) is 0 Å². The number of nitrogens with zero attached hydrogens (tertiary/aromatic N) is 2. The van der Waals surface area contributed by atoms with Gasteiger partial charge in [-0.05, 0) is 76.8 Å². The summed E-state index contributed by atoms with van der Waals surface area (Å²) in [5.74, 6) is -0.831. The summed E-state index contributed by atoms with van der Waals surface area (Å²) in [5, 5.41) is 10.7. The van der Waals surface area contributed by atoms with Crippen LogP contribution in [0.3, 0.4) is 0 Å². The minimum absolute atomic E-state index is 0.396. The van der Waals surface area contributed by atoms with Gasteiger partial charge in [-0.25, -0.2) is 0 Å². The average Bonchev–Trinajstić information content (AvgIpc) is 2.61. The summed E-state index contributed by atoms with van der Waals surface area (Å²) in [5.41, 5.74) is -0.271. The van der Waals surface area contributed by atoms with Crippen molar-refractivity contribution < 1.29 is 9.90 Å². The van der Waals surface area contributed by atoms with Crippen molar-refractivity contribution in [2.45, 2.75) is 37.6 Å². The molecule has 1 aliphatic heterocycles. The van der Waals surface area contributed by atoms with Gasteiger partial charge in [0.25, 0.3) is 0 Å². The Morgan fingerprint density at radius 1 is 1.36 bits per heavy atom. The average molecular weight is 405 g/mol. The van der Waals surface area contributed by atoms with Crippen LogP contribution in [0.15, 0.2) is 18.2 Å². The number of carboxylic acid groups (broad SMARTS) is 1. The first-order valence-corrected chi connectivity index (χ1v) is 10.4. The molecule has 1 aromatic rings. The first-order chi connectivity index (χ1) is 11.8. The first-order valence-electron chi connectivity index (χ1n) is 8.46. The van der Waals surface area contributed by atoms with E-state index in [4.69, 9.17) is 23.2 Å². The van der Waals surface area contributed by atoms with Crippen molar-refractivity contribution in [1.29, 1.82) is 0 Å². The highest BCUT2D eigenvalue weighted by atomic mass is 35.5. The number of benzene rings is 1. The third-order valence-corrected chi connectivity index (χ3v) is 6.93. The van der Waals surface area contributed by atoms with Gasteiger partial charge in [0.2, 0.25) is 0 Å². The largest absolute Gasteiger partial charge is 0.481 e. The lowest BCUT2D eigenvalue weighted by atomic mass is 9.79. The normalized spacial score (nSPS) is 19.1. The van der Waals surface area contributed by atoms with Gasteiger partial charge in [0.1, 0.15) is 0 Å². The molecule has 25 heavy (non-hydrogen) atoms. The van der Waals surface area contributed by atoms with Crippen molar-refractivity contribution >= 4 is 41.1 Å². The lowest BCUT2D eigenvalue weighted by Gasteiger charge is -2.37. The molecule has 1 aromatic carbocycles. The van der Waals surface area contributed by atoms with Gasteiger partial charge >= 0.3 is 5.97 Å². The molecule has 0 radical (unpaired) electrons. The van der Waals surface area contributed by atoms with Gasteiger partial charge in [-0.3, -0.25) is 9.10 Å². The monoisotopic (exact) mass is 404 g/mol. The van der Waals surface area contributed by atoms with Crippen LogP contribution in [0.4, 0.5) is 0 Å². The Balaban J connectivity index is 2.01. The number of carboxylic acids is 1. The molecule has 140 valence electrons. The molecule has 1 unspecified atom stereocenters. The van der Waals surface area contributed by atoms with Crippen LogP contribution in [-0.2, 0) is 10.2 Å². The van der Waals surface area contributed by atoms with Crippen LogP contribution in [0.25, 0.3) is 0 Å². The maximum absolute atomic E-state index is 12.0. The smallest absolute Gasteiger partial charge is 0.313 e. The third-order valence-electron chi connectivity index (χ3n) is 5.32. The molecule has 1 atom stereocenters. The Bertz CT molecular complexity index is 609. The van der Waals surface area contributed by atoms with Gasteiger partial charge in [0, 0.05) is 6.04 Å². The van der Waals surface area contributed by atoms with Gasteiger partial charge in [-0.1, -0.05) is 41.2 Å². The van der Waals surface area contributed by atoms with Crippen LogP contribution < -0.4 is 0 Å². The summed E-state index contributed by atoms with van der Waals surface area (Å²) in [4.78, 5) is 14.3. The molecule has 1 aliphatic rings. The lowest BCUT2D eigenvalue weighted by Crippen LogP contribution is -2.43. The number of aliphatic carboxylic acids is 1. The Kier molecular flexibility index (Phi) is 7.47. The summed E-state index contributed by atoms with van der Waals surface area (Å²) in [6.45, 7) is 4.54. The number of halogens is 2. The zero-order chi connectivity index (χ0) is 18.6. The van der Waals surface area contributed by atoms with Crippen molar-refractivity contribution in [2.75, 3.05) is 32.9 Å². The fourth-order valence-corrected chi connectivity index (χ4v) is 4.06. The summed E-state index contributed by atoms with van der Waals surface area (Å²) < 4.78 is 2.31. The van der Waals surface area contributed by atoms with E-state index in [0.717, 1.165) is 32.5 Å². The van der Waals surface area contributed by atoms with E-state index in [0.29, 0.717) is 28.1 Å². The van der Waals surface area contributed by atoms with E-state index in [-0.39, 0.29) is 0 Å². The molecule has 0 saturated carbocycles. The fourth-order valence-electron chi connectivity index (χ4n) is 3.25. The molecule has 1 N–H and O–H groups in total. The van der Waals surface area contributed by atoms with Gasteiger partial charge in [0.05, 0.1) is 15.5 Å². The molecule has 4 nitrogen and oxygen atoms in total. The topological polar surface area (TPSA) is 43.8 Å². The second-order valence-corrected chi connectivity index (χ2v) is 8.57. The molecular weight excluding hydrogens is 379 g/mol. The summed E-state index contributed by atoms with van der Waals surface area (Å²) in [6, 6.07) is 5.72. The lowest BCUT2D eigenvalue weighted by molar-refractivity contribution is -0.143. The van der Waals surface area contributed by atoms with Crippen LogP contribution >= 0.6 is 35.1 Å². The first kappa shape index (κ1) is 20.8. The highest BCUT2D eigenvalue weighted by Crippen LogP contribution is 2.33. The van der Waals surface area contributed by atoms with E-state index in [1.165, 1.54) is 0 Å². The molecule has 0 aromatic heterocycles. The maximum Gasteiger partial charge on any atom is 0.313 e. The Hall–Kier alpha value is -0.460. The Morgan fingerprint density at radius 2 is 2.00 bits per heavy atom. The molecule has 1 saturated heterocycles. The second-order valence-electron chi connectivity index (χ2n) is 6.82. The summed E-state index contributed by atoms with van der Waals surface area (Å²) >= 11 is 13.8. The predicted octanol–water partition coefficient (Wildman–Crippen LogP) is 4.40. The number of carbonyl (C=O) groups is 1. The molecule has 7 heteroatoms. The molecule has 0 bridgehead atoms. The highest BCUT2D eigenvalue weighted by molar-refractivity contribution is 7.96. The summed E-state index contributed by atoms with van der Waals surface area (Å²) in [6.07, 6.45) is 4.88. The van der Waals surface area contributed by atoms with Gasteiger partial charge in [-0.15, -0.1) is 0 Å². The van der Waals surface area contributed by atoms with Crippen molar-refractivity contribution in [3.05, 3.63) is 33.8 Å². The van der Waals surface area contributed by atoms with Crippen molar-refractivity contribution in [3.8, 4) is 0 Å². The van der Waals surface area contributed by atoms with Gasteiger partial charge < -0.3 is 10.0 Å². The van der Waals surface area contributed by atoms with Crippen molar-refractivity contribution in [1.82, 2.24) is 9.21 Å².